The van der Waals surface area contributed by atoms with E-state index in [2.05, 4.69) is 14.9 Å². The fraction of sp³-hybridized carbons (Fsp3) is 0.600. The molecule has 1 aromatic rings. The zero-order valence-electron chi connectivity index (χ0n) is 5.58. The van der Waals surface area contributed by atoms with Gasteiger partial charge in [-0.1, -0.05) is 4.49 Å². The van der Waals surface area contributed by atoms with E-state index in [1.54, 1.807) is 6.20 Å². The molecule has 0 bridgehead atoms. The van der Waals surface area contributed by atoms with Crippen molar-refractivity contribution in [3.63, 3.8) is 0 Å². The third-order valence-electron chi connectivity index (χ3n) is 1.03. The number of nitrogens with one attached hydrogen (secondary N) is 1. The number of rotatable bonds is 4. The first kappa shape index (κ1) is 7.59. The van der Waals surface area contributed by atoms with E-state index >= 15 is 0 Å². The Morgan fingerprint density at radius 3 is 3.20 bits per heavy atom. The Morgan fingerprint density at radius 1 is 1.70 bits per heavy atom. The largest absolute Gasteiger partial charge is 0.329 e. The summed E-state index contributed by atoms with van der Waals surface area (Å²) in [6.45, 7) is 2.35. The molecule has 0 saturated carbocycles. The molecule has 0 spiro atoms. The van der Waals surface area contributed by atoms with Crippen LogP contribution >= 0.6 is 11.5 Å². The van der Waals surface area contributed by atoms with E-state index in [4.69, 9.17) is 5.73 Å². The van der Waals surface area contributed by atoms with Crippen LogP contribution in [-0.4, -0.2) is 22.7 Å². The fourth-order valence-electron chi connectivity index (χ4n) is 0.579. The molecule has 1 heterocycles. The first-order valence-electron chi connectivity index (χ1n) is 3.10. The Kier molecular flexibility index (Phi) is 3.28. The molecular weight excluding hydrogens is 148 g/mol. The van der Waals surface area contributed by atoms with Crippen molar-refractivity contribution >= 4 is 11.5 Å². The van der Waals surface area contributed by atoms with Crippen LogP contribution in [-0.2, 0) is 6.54 Å². The molecule has 0 saturated heterocycles. The van der Waals surface area contributed by atoms with Gasteiger partial charge in [0, 0.05) is 19.6 Å². The lowest BCUT2D eigenvalue weighted by Gasteiger charge is -1.96. The summed E-state index contributed by atoms with van der Waals surface area (Å²) in [6, 6.07) is 0. The normalized spacial score (nSPS) is 10.1. The summed E-state index contributed by atoms with van der Waals surface area (Å²) in [4.78, 5) is 1.15. The van der Waals surface area contributed by atoms with Gasteiger partial charge in [-0.3, -0.25) is 0 Å². The van der Waals surface area contributed by atoms with E-state index in [0.29, 0.717) is 6.54 Å². The molecule has 0 unspecified atom stereocenters. The minimum absolute atomic E-state index is 0.673. The van der Waals surface area contributed by atoms with Crippen molar-refractivity contribution in [3.8, 4) is 0 Å². The molecule has 0 aliphatic carbocycles. The molecule has 0 aliphatic heterocycles. The van der Waals surface area contributed by atoms with E-state index in [-0.39, 0.29) is 0 Å². The van der Waals surface area contributed by atoms with Gasteiger partial charge < -0.3 is 11.1 Å². The van der Waals surface area contributed by atoms with Crippen LogP contribution in [0.25, 0.3) is 0 Å². The van der Waals surface area contributed by atoms with Crippen molar-refractivity contribution in [2.75, 3.05) is 13.1 Å². The van der Waals surface area contributed by atoms with Gasteiger partial charge in [-0.25, -0.2) is 0 Å². The van der Waals surface area contributed by atoms with Gasteiger partial charge in [0.05, 0.1) is 11.1 Å². The third-order valence-corrected chi connectivity index (χ3v) is 1.69. The van der Waals surface area contributed by atoms with Crippen LogP contribution < -0.4 is 11.1 Å². The van der Waals surface area contributed by atoms with Crippen LogP contribution in [0.1, 0.15) is 4.88 Å². The van der Waals surface area contributed by atoms with Crippen LogP contribution in [0, 0.1) is 0 Å². The number of aromatic nitrogens is 2. The van der Waals surface area contributed by atoms with Gasteiger partial charge in [-0.2, -0.15) is 0 Å². The SMILES string of the molecule is NCCNCc1cnns1. The van der Waals surface area contributed by atoms with Crippen molar-refractivity contribution < 1.29 is 0 Å². The fourth-order valence-corrected chi connectivity index (χ4v) is 1.04. The Balaban J connectivity index is 2.15. The predicted molar refractivity (Wildman–Crippen MR) is 40.7 cm³/mol. The molecule has 3 N–H and O–H groups in total. The maximum absolute atomic E-state index is 5.28. The molecule has 10 heavy (non-hydrogen) atoms. The highest BCUT2D eigenvalue weighted by Crippen LogP contribution is 1.99. The van der Waals surface area contributed by atoms with E-state index in [0.717, 1.165) is 18.0 Å². The van der Waals surface area contributed by atoms with E-state index in [9.17, 15) is 0 Å². The molecule has 0 fully saturated rings. The molecule has 0 radical (unpaired) electrons. The molecule has 5 heteroatoms. The van der Waals surface area contributed by atoms with Crippen molar-refractivity contribution in [1.29, 1.82) is 0 Å². The van der Waals surface area contributed by atoms with Gasteiger partial charge in [0.1, 0.15) is 0 Å². The van der Waals surface area contributed by atoms with E-state index < -0.39 is 0 Å². The van der Waals surface area contributed by atoms with Crippen LogP contribution in [0.2, 0.25) is 0 Å². The summed E-state index contributed by atoms with van der Waals surface area (Å²) >= 11 is 1.41. The lowest BCUT2D eigenvalue weighted by Crippen LogP contribution is -2.21. The van der Waals surface area contributed by atoms with Crippen molar-refractivity contribution in [2.24, 2.45) is 5.73 Å². The third kappa shape index (κ3) is 2.38. The number of nitrogens with two attached hydrogens (primary N) is 1. The average Bonchev–Trinajstić information content (AvgIpc) is 2.41. The van der Waals surface area contributed by atoms with E-state index in [1.165, 1.54) is 11.5 Å². The van der Waals surface area contributed by atoms with Crippen molar-refractivity contribution in [2.45, 2.75) is 6.54 Å². The summed E-state index contributed by atoms with van der Waals surface area (Å²) in [6.07, 6.45) is 1.76. The smallest absolute Gasteiger partial charge is 0.0666 e. The van der Waals surface area contributed by atoms with Gasteiger partial charge >= 0.3 is 0 Å². The second-order valence-electron chi connectivity index (χ2n) is 1.85. The van der Waals surface area contributed by atoms with Crippen molar-refractivity contribution in [1.82, 2.24) is 14.9 Å². The summed E-state index contributed by atoms with van der Waals surface area (Å²) in [5.41, 5.74) is 5.28. The highest BCUT2D eigenvalue weighted by atomic mass is 32.1. The Morgan fingerprint density at radius 2 is 2.60 bits per heavy atom. The molecule has 0 aliphatic rings. The Hall–Kier alpha value is -0.520. The highest BCUT2D eigenvalue weighted by molar-refractivity contribution is 7.05. The van der Waals surface area contributed by atoms with Crippen LogP contribution in [0.15, 0.2) is 6.20 Å². The maximum atomic E-state index is 5.28. The van der Waals surface area contributed by atoms with Crippen LogP contribution in [0.5, 0.6) is 0 Å². The van der Waals surface area contributed by atoms with E-state index in [1.807, 2.05) is 0 Å². The lowest BCUT2D eigenvalue weighted by atomic mass is 10.5. The quantitative estimate of drug-likeness (QED) is 0.584. The number of hydrogen-bond donors (Lipinski definition) is 2. The zero-order chi connectivity index (χ0) is 7.23. The number of nitrogens with zero attached hydrogens (tertiary/aromatic N) is 2. The summed E-state index contributed by atoms with van der Waals surface area (Å²) in [7, 11) is 0. The van der Waals surface area contributed by atoms with Crippen LogP contribution in [0.4, 0.5) is 0 Å². The summed E-state index contributed by atoms with van der Waals surface area (Å²) in [5, 5.41) is 6.84. The minimum atomic E-state index is 0.673. The standard InChI is InChI=1S/C5H10N4S/c6-1-2-7-3-5-4-8-9-10-5/h4,7H,1-3,6H2. The average molecular weight is 158 g/mol. The topological polar surface area (TPSA) is 63.8 Å². The number of hydrogen-bond acceptors (Lipinski definition) is 5. The lowest BCUT2D eigenvalue weighted by molar-refractivity contribution is 0.701. The summed E-state index contributed by atoms with van der Waals surface area (Å²) in [5.74, 6) is 0. The maximum Gasteiger partial charge on any atom is 0.0666 e. The highest BCUT2D eigenvalue weighted by Gasteiger charge is 1.92. The molecule has 56 valence electrons. The van der Waals surface area contributed by atoms with Crippen molar-refractivity contribution in [3.05, 3.63) is 11.1 Å². The van der Waals surface area contributed by atoms with Gasteiger partial charge in [0.15, 0.2) is 0 Å². The molecule has 4 nitrogen and oxygen atoms in total. The molecule has 0 atom stereocenters. The molecule has 1 aromatic heterocycles. The van der Waals surface area contributed by atoms with Gasteiger partial charge in [0.2, 0.25) is 0 Å². The van der Waals surface area contributed by atoms with Crippen LogP contribution in [0.3, 0.4) is 0 Å². The summed E-state index contributed by atoms with van der Waals surface area (Å²) < 4.78 is 3.72. The second-order valence-corrected chi connectivity index (χ2v) is 2.72. The van der Waals surface area contributed by atoms with Gasteiger partial charge in [-0.15, -0.1) is 5.10 Å². The predicted octanol–water partition coefficient (Wildman–Crippen LogP) is -0.414. The first-order chi connectivity index (χ1) is 4.93. The second kappa shape index (κ2) is 4.32. The van der Waals surface area contributed by atoms with Gasteiger partial charge in [-0.05, 0) is 11.5 Å². The molecule has 0 aromatic carbocycles. The first-order valence-corrected chi connectivity index (χ1v) is 3.88. The Bertz CT molecular complexity index is 162. The minimum Gasteiger partial charge on any atom is -0.329 e. The monoisotopic (exact) mass is 158 g/mol. The molecular formula is C5H10N4S. The Labute approximate surface area is 63.6 Å². The molecule has 0 amide bonds. The molecule has 1 rings (SSSR count). The zero-order valence-corrected chi connectivity index (χ0v) is 6.40. The van der Waals surface area contributed by atoms with Gasteiger partial charge in [0.25, 0.3) is 0 Å².